The maximum absolute atomic E-state index is 5.39. The Morgan fingerprint density at radius 3 is 2.71 bits per heavy atom. The predicted molar refractivity (Wildman–Crippen MR) is 83.8 cm³/mol. The Kier molecular flexibility index (Phi) is 5.58. The highest BCUT2D eigenvalue weighted by Crippen LogP contribution is 2.19. The zero-order valence-corrected chi connectivity index (χ0v) is 12.8. The van der Waals surface area contributed by atoms with Gasteiger partial charge in [-0.2, -0.15) is 0 Å². The first-order valence-corrected chi connectivity index (χ1v) is 7.07. The first-order chi connectivity index (χ1) is 10.2. The second-order valence-electron chi connectivity index (χ2n) is 5.00. The molecule has 112 valence electrons. The SMILES string of the molecule is COc1cc(CNC(C)Cc2ccccc2OC)ccn1. The zero-order valence-electron chi connectivity index (χ0n) is 12.8. The molecule has 0 amide bonds. The molecule has 1 unspecified atom stereocenters. The molecule has 0 aliphatic carbocycles. The Balaban J connectivity index is 1.91. The highest BCUT2D eigenvalue weighted by molar-refractivity contribution is 5.33. The highest BCUT2D eigenvalue weighted by atomic mass is 16.5. The average Bonchev–Trinajstić information content (AvgIpc) is 2.53. The lowest BCUT2D eigenvalue weighted by molar-refractivity contribution is 0.396. The second-order valence-corrected chi connectivity index (χ2v) is 5.00. The molecule has 0 saturated carbocycles. The molecule has 4 nitrogen and oxygen atoms in total. The van der Waals surface area contributed by atoms with Gasteiger partial charge < -0.3 is 14.8 Å². The van der Waals surface area contributed by atoms with Gasteiger partial charge in [-0.3, -0.25) is 0 Å². The van der Waals surface area contributed by atoms with Crippen molar-refractivity contribution in [3.63, 3.8) is 0 Å². The van der Waals surface area contributed by atoms with E-state index in [-0.39, 0.29) is 0 Å². The van der Waals surface area contributed by atoms with Crippen LogP contribution in [0.2, 0.25) is 0 Å². The van der Waals surface area contributed by atoms with Crippen LogP contribution in [0.3, 0.4) is 0 Å². The van der Waals surface area contributed by atoms with Crippen molar-refractivity contribution in [2.75, 3.05) is 14.2 Å². The Morgan fingerprint density at radius 1 is 1.14 bits per heavy atom. The monoisotopic (exact) mass is 286 g/mol. The Bertz CT molecular complexity index is 572. The molecule has 1 aromatic carbocycles. The summed E-state index contributed by atoms with van der Waals surface area (Å²) in [7, 11) is 3.34. The third kappa shape index (κ3) is 4.46. The Hall–Kier alpha value is -2.07. The number of para-hydroxylation sites is 1. The van der Waals surface area contributed by atoms with Gasteiger partial charge in [-0.1, -0.05) is 18.2 Å². The van der Waals surface area contributed by atoms with Gasteiger partial charge in [-0.15, -0.1) is 0 Å². The van der Waals surface area contributed by atoms with Gasteiger partial charge in [0.15, 0.2) is 0 Å². The van der Waals surface area contributed by atoms with Crippen molar-refractivity contribution in [3.8, 4) is 11.6 Å². The van der Waals surface area contributed by atoms with E-state index >= 15 is 0 Å². The van der Waals surface area contributed by atoms with E-state index in [0.29, 0.717) is 11.9 Å². The van der Waals surface area contributed by atoms with Crippen molar-refractivity contribution in [2.24, 2.45) is 0 Å². The second kappa shape index (κ2) is 7.64. The lowest BCUT2D eigenvalue weighted by atomic mass is 10.1. The maximum Gasteiger partial charge on any atom is 0.213 e. The number of aromatic nitrogens is 1. The normalized spacial score (nSPS) is 12.0. The summed E-state index contributed by atoms with van der Waals surface area (Å²) in [6, 6.07) is 12.4. The summed E-state index contributed by atoms with van der Waals surface area (Å²) in [5, 5.41) is 3.51. The fourth-order valence-electron chi connectivity index (χ4n) is 2.24. The molecule has 2 aromatic rings. The van der Waals surface area contributed by atoms with Crippen LogP contribution in [-0.4, -0.2) is 25.2 Å². The number of methoxy groups -OCH3 is 2. The van der Waals surface area contributed by atoms with Crippen molar-refractivity contribution in [1.82, 2.24) is 10.3 Å². The molecule has 0 aliphatic rings. The van der Waals surface area contributed by atoms with Crippen molar-refractivity contribution in [2.45, 2.75) is 25.9 Å². The van der Waals surface area contributed by atoms with Crippen LogP contribution in [0.4, 0.5) is 0 Å². The van der Waals surface area contributed by atoms with Gasteiger partial charge in [0.05, 0.1) is 14.2 Å². The number of benzene rings is 1. The van der Waals surface area contributed by atoms with Gasteiger partial charge in [-0.25, -0.2) is 4.98 Å². The van der Waals surface area contributed by atoms with Crippen LogP contribution in [0.25, 0.3) is 0 Å². The van der Waals surface area contributed by atoms with Crippen LogP contribution in [-0.2, 0) is 13.0 Å². The van der Waals surface area contributed by atoms with E-state index in [9.17, 15) is 0 Å². The molecule has 0 aliphatic heterocycles. The van der Waals surface area contributed by atoms with E-state index in [2.05, 4.69) is 23.3 Å². The van der Waals surface area contributed by atoms with Crippen LogP contribution < -0.4 is 14.8 Å². The summed E-state index contributed by atoms with van der Waals surface area (Å²) in [5.74, 6) is 1.59. The van der Waals surface area contributed by atoms with Crippen LogP contribution in [0.15, 0.2) is 42.6 Å². The molecule has 1 heterocycles. The third-order valence-electron chi connectivity index (χ3n) is 3.38. The van der Waals surface area contributed by atoms with Crippen molar-refractivity contribution < 1.29 is 9.47 Å². The zero-order chi connectivity index (χ0) is 15.1. The van der Waals surface area contributed by atoms with Gasteiger partial charge in [0, 0.05) is 24.8 Å². The summed E-state index contributed by atoms with van der Waals surface area (Å²) in [6.45, 7) is 2.96. The number of hydrogen-bond acceptors (Lipinski definition) is 4. The van der Waals surface area contributed by atoms with E-state index in [1.165, 1.54) is 5.56 Å². The minimum Gasteiger partial charge on any atom is -0.496 e. The average molecular weight is 286 g/mol. The fraction of sp³-hybridized carbons (Fsp3) is 0.353. The standard InChI is InChI=1S/C17H22N2O2/c1-13(10-15-6-4-5-7-16(15)20-2)19-12-14-8-9-18-17(11-14)21-3/h4-9,11,13,19H,10,12H2,1-3H3. The molecule has 1 aromatic heterocycles. The molecular formula is C17H22N2O2. The van der Waals surface area contributed by atoms with Crippen molar-refractivity contribution in [1.29, 1.82) is 0 Å². The Morgan fingerprint density at radius 2 is 1.95 bits per heavy atom. The fourth-order valence-corrected chi connectivity index (χ4v) is 2.24. The van der Waals surface area contributed by atoms with E-state index < -0.39 is 0 Å². The summed E-state index contributed by atoms with van der Waals surface area (Å²) in [6.07, 6.45) is 2.69. The maximum atomic E-state index is 5.39. The minimum atomic E-state index is 0.348. The summed E-state index contributed by atoms with van der Waals surface area (Å²) in [5.41, 5.74) is 2.38. The molecule has 4 heteroatoms. The summed E-state index contributed by atoms with van der Waals surface area (Å²) >= 11 is 0. The van der Waals surface area contributed by atoms with Gasteiger partial charge >= 0.3 is 0 Å². The molecule has 21 heavy (non-hydrogen) atoms. The van der Waals surface area contributed by atoms with Crippen LogP contribution in [0.5, 0.6) is 11.6 Å². The lowest BCUT2D eigenvalue weighted by Crippen LogP contribution is -2.27. The molecule has 1 N–H and O–H groups in total. The first-order valence-electron chi connectivity index (χ1n) is 7.07. The van der Waals surface area contributed by atoms with Crippen LogP contribution in [0, 0.1) is 0 Å². The smallest absolute Gasteiger partial charge is 0.213 e. The van der Waals surface area contributed by atoms with E-state index in [0.717, 1.165) is 24.3 Å². The molecule has 0 saturated heterocycles. The lowest BCUT2D eigenvalue weighted by Gasteiger charge is -2.16. The molecule has 0 bridgehead atoms. The van der Waals surface area contributed by atoms with Gasteiger partial charge in [-0.05, 0) is 36.6 Å². The quantitative estimate of drug-likeness (QED) is 0.850. The van der Waals surface area contributed by atoms with Crippen LogP contribution >= 0.6 is 0 Å². The highest BCUT2D eigenvalue weighted by Gasteiger charge is 2.08. The van der Waals surface area contributed by atoms with E-state index in [4.69, 9.17) is 9.47 Å². The molecule has 0 fully saturated rings. The number of pyridine rings is 1. The molecule has 1 atom stereocenters. The number of ether oxygens (including phenoxy) is 2. The Labute approximate surface area is 126 Å². The van der Waals surface area contributed by atoms with E-state index in [1.54, 1.807) is 20.4 Å². The third-order valence-corrected chi connectivity index (χ3v) is 3.38. The summed E-state index contributed by atoms with van der Waals surface area (Å²) in [4.78, 5) is 4.11. The minimum absolute atomic E-state index is 0.348. The molecular weight excluding hydrogens is 264 g/mol. The predicted octanol–water partition coefficient (Wildman–Crippen LogP) is 2.82. The van der Waals surface area contributed by atoms with Gasteiger partial charge in [0.1, 0.15) is 5.75 Å². The largest absolute Gasteiger partial charge is 0.496 e. The molecule has 0 spiro atoms. The number of hydrogen-bond donors (Lipinski definition) is 1. The summed E-state index contributed by atoms with van der Waals surface area (Å²) < 4.78 is 10.5. The molecule has 0 radical (unpaired) electrons. The number of rotatable bonds is 7. The van der Waals surface area contributed by atoms with Crippen molar-refractivity contribution in [3.05, 3.63) is 53.7 Å². The first kappa shape index (κ1) is 15.3. The van der Waals surface area contributed by atoms with Gasteiger partial charge in [0.25, 0.3) is 0 Å². The van der Waals surface area contributed by atoms with E-state index in [1.807, 2.05) is 30.3 Å². The number of nitrogens with one attached hydrogen (secondary N) is 1. The van der Waals surface area contributed by atoms with Crippen LogP contribution in [0.1, 0.15) is 18.1 Å². The number of nitrogens with zero attached hydrogens (tertiary/aromatic N) is 1. The molecule has 2 rings (SSSR count). The van der Waals surface area contributed by atoms with Crippen molar-refractivity contribution >= 4 is 0 Å². The topological polar surface area (TPSA) is 43.4 Å². The van der Waals surface area contributed by atoms with Gasteiger partial charge in [0.2, 0.25) is 5.88 Å².